The number of likely N-dealkylation sites (tertiary alicyclic amines) is 1. The smallest absolute Gasteiger partial charge is 0.242 e. The summed E-state index contributed by atoms with van der Waals surface area (Å²) < 4.78 is 1.86. The topological polar surface area (TPSA) is 45.5 Å². The van der Waals surface area contributed by atoms with Crippen molar-refractivity contribution in [3.63, 3.8) is 0 Å². The number of rotatable bonds is 4. The molecule has 0 aliphatic carbocycles. The number of nitrogens with zero attached hydrogens (tertiary/aromatic N) is 2. The van der Waals surface area contributed by atoms with Crippen LogP contribution in [-0.2, 0) is 11.3 Å². The molecule has 1 aliphatic rings. The van der Waals surface area contributed by atoms with E-state index in [1.807, 2.05) is 34.9 Å². The molecular weight excluding hydrogens is 216 g/mol. The number of amides is 1. The summed E-state index contributed by atoms with van der Waals surface area (Å²) in [5.74, 6) is 0.177. The van der Waals surface area contributed by atoms with E-state index in [1.54, 1.807) is 0 Å². The largest absolute Gasteiger partial charge is 0.388 e. The van der Waals surface area contributed by atoms with Crippen molar-refractivity contribution in [2.45, 2.75) is 38.8 Å². The molecule has 2 rings (SSSR count). The van der Waals surface area contributed by atoms with Gasteiger partial charge in [-0.15, -0.1) is 0 Å². The molecule has 4 nitrogen and oxygen atoms in total. The van der Waals surface area contributed by atoms with E-state index in [9.17, 15) is 9.90 Å². The van der Waals surface area contributed by atoms with E-state index in [1.165, 1.54) is 0 Å². The normalized spacial score (nSPS) is 17.4. The molecule has 0 spiro atoms. The maximum absolute atomic E-state index is 11.9. The highest BCUT2D eigenvalue weighted by molar-refractivity contribution is 5.76. The highest BCUT2D eigenvalue weighted by Crippen LogP contribution is 2.16. The average molecular weight is 236 g/mol. The molecule has 1 fully saturated rings. The second kappa shape index (κ2) is 5.36. The molecule has 1 N–H and O–H groups in total. The van der Waals surface area contributed by atoms with E-state index >= 15 is 0 Å². The monoisotopic (exact) mass is 236 g/mol. The zero-order chi connectivity index (χ0) is 12.3. The van der Waals surface area contributed by atoms with Gasteiger partial charge in [0.1, 0.15) is 6.54 Å². The van der Waals surface area contributed by atoms with Crippen LogP contribution in [0.5, 0.6) is 0 Å². The highest BCUT2D eigenvalue weighted by atomic mass is 16.3. The van der Waals surface area contributed by atoms with Crippen LogP contribution in [0.15, 0.2) is 18.5 Å². The molecule has 1 aliphatic heterocycles. The minimum atomic E-state index is -0.418. The Labute approximate surface area is 102 Å². The molecule has 1 atom stereocenters. The lowest BCUT2D eigenvalue weighted by Gasteiger charge is -2.15. The average Bonchev–Trinajstić information content (AvgIpc) is 2.98. The zero-order valence-electron chi connectivity index (χ0n) is 10.3. The van der Waals surface area contributed by atoms with Crippen molar-refractivity contribution in [1.82, 2.24) is 9.47 Å². The first-order valence-corrected chi connectivity index (χ1v) is 6.32. The SMILES string of the molecule is CCC(O)c1ccn(CC(=O)N2CCCC2)c1. The second-order valence-electron chi connectivity index (χ2n) is 4.63. The maximum atomic E-state index is 11.9. The number of aliphatic hydroxyl groups is 1. The van der Waals surface area contributed by atoms with Crippen LogP contribution in [0.25, 0.3) is 0 Å². The standard InChI is InChI=1S/C13H20N2O2/c1-2-12(16)11-5-8-14(9-11)10-13(17)15-6-3-4-7-15/h5,8-9,12,16H,2-4,6-7,10H2,1H3. The van der Waals surface area contributed by atoms with Gasteiger partial charge in [-0.2, -0.15) is 0 Å². The number of aromatic nitrogens is 1. The predicted octanol–water partition coefficient (Wildman–Crippen LogP) is 1.55. The Bertz CT molecular complexity index is 381. The van der Waals surface area contributed by atoms with Gasteiger partial charge < -0.3 is 14.6 Å². The summed E-state index contributed by atoms with van der Waals surface area (Å²) in [6, 6.07) is 1.88. The van der Waals surface area contributed by atoms with E-state index in [4.69, 9.17) is 0 Å². The Morgan fingerprint density at radius 2 is 2.18 bits per heavy atom. The van der Waals surface area contributed by atoms with E-state index in [-0.39, 0.29) is 5.91 Å². The summed E-state index contributed by atoms with van der Waals surface area (Å²) in [7, 11) is 0. The lowest BCUT2D eigenvalue weighted by atomic mass is 10.1. The molecule has 2 heterocycles. The summed E-state index contributed by atoms with van der Waals surface area (Å²) in [4.78, 5) is 13.8. The zero-order valence-corrected chi connectivity index (χ0v) is 10.3. The van der Waals surface area contributed by atoms with Gasteiger partial charge in [-0.3, -0.25) is 4.79 Å². The molecule has 1 aromatic heterocycles. The number of hydrogen-bond donors (Lipinski definition) is 1. The van der Waals surface area contributed by atoms with Crippen molar-refractivity contribution in [3.8, 4) is 0 Å². The first-order valence-electron chi connectivity index (χ1n) is 6.32. The van der Waals surface area contributed by atoms with Crippen LogP contribution in [-0.4, -0.2) is 33.6 Å². The number of carbonyl (C=O) groups excluding carboxylic acids is 1. The van der Waals surface area contributed by atoms with Crippen molar-refractivity contribution in [2.24, 2.45) is 0 Å². The molecule has 0 aromatic carbocycles. The molecule has 1 saturated heterocycles. The van der Waals surface area contributed by atoms with Crippen LogP contribution < -0.4 is 0 Å². The molecule has 94 valence electrons. The first kappa shape index (κ1) is 12.2. The Balaban J connectivity index is 1.94. The highest BCUT2D eigenvalue weighted by Gasteiger charge is 2.18. The van der Waals surface area contributed by atoms with Crippen LogP contribution in [0.2, 0.25) is 0 Å². The molecule has 0 radical (unpaired) electrons. The van der Waals surface area contributed by atoms with Gasteiger partial charge in [0.25, 0.3) is 0 Å². The Kier molecular flexibility index (Phi) is 3.84. The van der Waals surface area contributed by atoms with Gasteiger partial charge in [0.05, 0.1) is 6.10 Å². The van der Waals surface area contributed by atoms with Gasteiger partial charge in [-0.1, -0.05) is 6.92 Å². The van der Waals surface area contributed by atoms with Crippen LogP contribution in [0.3, 0.4) is 0 Å². The maximum Gasteiger partial charge on any atom is 0.242 e. The third-order valence-corrected chi connectivity index (χ3v) is 3.32. The lowest BCUT2D eigenvalue weighted by molar-refractivity contribution is -0.130. The Hall–Kier alpha value is -1.29. The fraction of sp³-hybridized carbons (Fsp3) is 0.615. The molecule has 17 heavy (non-hydrogen) atoms. The third-order valence-electron chi connectivity index (χ3n) is 3.32. The first-order chi connectivity index (χ1) is 8.20. The van der Waals surface area contributed by atoms with Crippen LogP contribution in [0.4, 0.5) is 0 Å². The third kappa shape index (κ3) is 2.88. The van der Waals surface area contributed by atoms with Gasteiger partial charge in [0.2, 0.25) is 5.91 Å². The van der Waals surface area contributed by atoms with Gasteiger partial charge in [-0.25, -0.2) is 0 Å². The van der Waals surface area contributed by atoms with Crippen molar-refractivity contribution in [3.05, 3.63) is 24.0 Å². The lowest BCUT2D eigenvalue weighted by Crippen LogP contribution is -2.30. The summed E-state index contributed by atoms with van der Waals surface area (Å²) in [6.07, 6.45) is 6.25. The van der Waals surface area contributed by atoms with Gasteiger partial charge in [0.15, 0.2) is 0 Å². The molecule has 0 saturated carbocycles. The number of hydrogen-bond acceptors (Lipinski definition) is 2. The van der Waals surface area contributed by atoms with Crippen molar-refractivity contribution in [2.75, 3.05) is 13.1 Å². The van der Waals surface area contributed by atoms with Crippen LogP contribution in [0, 0.1) is 0 Å². The molecule has 1 amide bonds. The minimum absolute atomic E-state index is 0.177. The van der Waals surface area contributed by atoms with Crippen molar-refractivity contribution >= 4 is 5.91 Å². The fourth-order valence-electron chi connectivity index (χ4n) is 2.21. The van der Waals surface area contributed by atoms with E-state index in [0.29, 0.717) is 13.0 Å². The number of carbonyl (C=O) groups is 1. The van der Waals surface area contributed by atoms with Crippen LogP contribution in [0.1, 0.15) is 37.9 Å². The van der Waals surface area contributed by atoms with Crippen molar-refractivity contribution < 1.29 is 9.90 Å². The molecule has 1 aromatic rings. The molecule has 4 heteroatoms. The van der Waals surface area contributed by atoms with Gasteiger partial charge in [0, 0.05) is 25.5 Å². The quantitative estimate of drug-likeness (QED) is 0.862. The fourth-order valence-corrected chi connectivity index (χ4v) is 2.21. The van der Waals surface area contributed by atoms with E-state index in [2.05, 4.69) is 0 Å². The van der Waals surface area contributed by atoms with Gasteiger partial charge >= 0.3 is 0 Å². The Morgan fingerprint density at radius 3 is 2.82 bits per heavy atom. The van der Waals surface area contributed by atoms with Gasteiger partial charge in [-0.05, 0) is 30.9 Å². The van der Waals surface area contributed by atoms with Crippen LogP contribution >= 0.6 is 0 Å². The van der Waals surface area contributed by atoms with Crippen molar-refractivity contribution in [1.29, 1.82) is 0 Å². The molecule has 1 unspecified atom stereocenters. The minimum Gasteiger partial charge on any atom is -0.388 e. The summed E-state index contributed by atoms with van der Waals surface area (Å²) in [6.45, 7) is 4.11. The number of aliphatic hydroxyl groups excluding tert-OH is 1. The summed E-state index contributed by atoms with van der Waals surface area (Å²) in [5, 5.41) is 9.68. The summed E-state index contributed by atoms with van der Waals surface area (Å²) in [5.41, 5.74) is 0.890. The van der Waals surface area contributed by atoms with E-state index < -0.39 is 6.10 Å². The van der Waals surface area contributed by atoms with E-state index in [0.717, 1.165) is 31.5 Å². The second-order valence-corrected chi connectivity index (χ2v) is 4.63. The Morgan fingerprint density at radius 1 is 1.47 bits per heavy atom. The molecular formula is C13H20N2O2. The summed E-state index contributed by atoms with van der Waals surface area (Å²) >= 11 is 0. The predicted molar refractivity (Wildman–Crippen MR) is 65.5 cm³/mol. The molecule has 0 bridgehead atoms.